The molecule has 0 aliphatic heterocycles. The smallest absolute Gasteiger partial charge is 0.340 e. The number of rotatable bonds is 8. The fourth-order valence-electron chi connectivity index (χ4n) is 2.09. The van der Waals surface area contributed by atoms with E-state index in [-0.39, 0.29) is 13.2 Å². The van der Waals surface area contributed by atoms with Gasteiger partial charge in [-0.2, -0.15) is 10.5 Å². The number of hydrogen-bond acceptors (Lipinski definition) is 6. The summed E-state index contributed by atoms with van der Waals surface area (Å²) in [5.41, 5.74) is -0.424. The molecule has 1 unspecified atom stereocenters. The summed E-state index contributed by atoms with van der Waals surface area (Å²) in [6.45, 7) is 3.69. The molecule has 7 heteroatoms. The molecule has 1 atom stereocenters. The molecule has 1 rings (SSSR count). The average molecular weight is 322 g/mol. The van der Waals surface area contributed by atoms with Crippen LogP contribution in [0.25, 0.3) is 0 Å². The van der Waals surface area contributed by atoms with Crippen LogP contribution in [0.1, 0.15) is 25.1 Å². The summed E-state index contributed by atoms with van der Waals surface area (Å²) in [6.07, 6.45) is 0. The second-order valence-electron chi connectivity index (χ2n) is 4.33. The number of methoxy groups -OCH3 is 1. The van der Waals surface area contributed by atoms with Gasteiger partial charge in [-0.3, -0.25) is 4.57 Å². The Labute approximate surface area is 130 Å². The first-order valence-corrected chi connectivity index (χ1v) is 8.49. The lowest BCUT2D eigenvalue weighted by molar-refractivity contribution is 0.209. The summed E-state index contributed by atoms with van der Waals surface area (Å²) in [7, 11) is -2.12. The van der Waals surface area contributed by atoms with Gasteiger partial charge in [0.05, 0.1) is 32.5 Å². The zero-order valence-corrected chi connectivity index (χ0v) is 13.7. The number of benzene rings is 1. The highest BCUT2D eigenvalue weighted by Crippen LogP contribution is 2.63. The summed E-state index contributed by atoms with van der Waals surface area (Å²) in [5, 5.41) is 18.5. The molecule has 0 fully saturated rings. The molecule has 0 radical (unpaired) electrons. The van der Waals surface area contributed by atoms with Gasteiger partial charge in [-0.1, -0.05) is 12.1 Å². The zero-order chi connectivity index (χ0) is 16.6. The third-order valence-corrected chi connectivity index (χ3v) is 5.52. The summed E-state index contributed by atoms with van der Waals surface area (Å²) in [5.74, 6) is -0.520. The van der Waals surface area contributed by atoms with Gasteiger partial charge in [-0.25, -0.2) is 0 Å². The lowest BCUT2D eigenvalue weighted by Crippen LogP contribution is -2.14. The first kappa shape index (κ1) is 18.2. The van der Waals surface area contributed by atoms with E-state index >= 15 is 0 Å². The van der Waals surface area contributed by atoms with E-state index in [4.69, 9.17) is 13.8 Å². The molecule has 0 amide bonds. The molecule has 6 nitrogen and oxygen atoms in total. The molecule has 118 valence electrons. The Morgan fingerprint density at radius 3 is 1.95 bits per heavy atom. The van der Waals surface area contributed by atoms with E-state index in [1.807, 2.05) is 12.1 Å². The molecule has 0 saturated heterocycles. The molecule has 0 spiro atoms. The normalized spacial score (nSPS) is 12.5. The van der Waals surface area contributed by atoms with Crippen molar-refractivity contribution in [2.75, 3.05) is 20.3 Å². The lowest BCUT2D eigenvalue weighted by atomic mass is 10.0. The Hall–Kier alpha value is -1.85. The molecule has 0 saturated carbocycles. The first-order chi connectivity index (χ1) is 10.6. The summed E-state index contributed by atoms with van der Waals surface area (Å²) < 4.78 is 28.8. The third kappa shape index (κ3) is 4.08. The second kappa shape index (κ2) is 8.56. The van der Waals surface area contributed by atoms with Crippen LogP contribution in [0.3, 0.4) is 0 Å². The number of hydrogen-bond donors (Lipinski definition) is 0. The Kier molecular flexibility index (Phi) is 7.08. The Morgan fingerprint density at radius 2 is 1.59 bits per heavy atom. The highest BCUT2D eigenvalue weighted by atomic mass is 31.2. The number of nitriles is 2. The summed E-state index contributed by atoms with van der Waals surface area (Å²) in [4.78, 5) is 0. The predicted molar refractivity (Wildman–Crippen MR) is 81.3 cm³/mol. The summed E-state index contributed by atoms with van der Waals surface area (Å²) in [6, 6.07) is 10.4. The van der Waals surface area contributed by atoms with Crippen molar-refractivity contribution in [3.05, 3.63) is 29.8 Å². The van der Waals surface area contributed by atoms with Crippen molar-refractivity contribution in [2.45, 2.75) is 19.5 Å². The fraction of sp³-hybridized carbons (Fsp3) is 0.467. The van der Waals surface area contributed by atoms with Crippen molar-refractivity contribution < 1.29 is 18.3 Å². The van der Waals surface area contributed by atoms with Crippen molar-refractivity contribution in [2.24, 2.45) is 5.92 Å². The molecule has 0 N–H and O–H groups in total. The molecule has 0 aliphatic rings. The molecule has 0 aliphatic carbocycles. The number of ether oxygens (including phenoxy) is 1. The molecule has 0 bridgehead atoms. The van der Waals surface area contributed by atoms with Crippen molar-refractivity contribution >= 4 is 7.60 Å². The quantitative estimate of drug-likeness (QED) is 0.678. The van der Waals surface area contributed by atoms with Gasteiger partial charge in [0, 0.05) is 0 Å². The van der Waals surface area contributed by atoms with E-state index < -0.39 is 19.2 Å². The van der Waals surface area contributed by atoms with Gasteiger partial charge in [0.15, 0.2) is 5.92 Å². The fourth-order valence-corrected chi connectivity index (χ4v) is 4.24. The van der Waals surface area contributed by atoms with Crippen LogP contribution in [0, 0.1) is 28.6 Å². The molecule has 22 heavy (non-hydrogen) atoms. The molecular formula is C15H19N2O4P. The van der Waals surface area contributed by atoms with E-state index in [1.165, 1.54) is 7.11 Å². The molecule has 0 aromatic heterocycles. The minimum Gasteiger partial charge on any atom is -0.497 e. The van der Waals surface area contributed by atoms with Gasteiger partial charge in [-0.05, 0) is 31.5 Å². The zero-order valence-electron chi connectivity index (χ0n) is 12.9. The molecule has 0 heterocycles. The van der Waals surface area contributed by atoms with Gasteiger partial charge in [-0.15, -0.1) is 0 Å². The predicted octanol–water partition coefficient (Wildman–Crippen LogP) is 3.67. The van der Waals surface area contributed by atoms with Gasteiger partial charge in [0.2, 0.25) is 0 Å². The first-order valence-electron chi connectivity index (χ1n) is 6.88. The van der Waals surface area contributed by atoms with E-state index in [9.17, 15) is 15.1 Å². The maximum absolute atomic E-state index is 13.0. The van der Waals surface area contributed by atoms with Crippen LogP contribution < -0.4 is 4.74 Å². The highest BCUT2D eigenvalue weighted by molar-refractivity contribution is 7.54. The van der Waals surface area contributed by atoms with Crippen LogP contribution in [0.2, 0.25) is 0 Å². The number of nitrogens with zero attached hydrogens (tertiary/aromatic N) is 2. The second-order valence-corrected chi connectivity index (χ2v) is 6.48. The SMILES string of the molecule is CCOP(=O)(OCC)C(c1ccc(OC)cc1)C(C#N)C#N. The van der Waals surface area contributed by atoms with Crippen molar-refractivity contribution in [3.63, 3.8) is 0 Å². The maximum atomic E-state index is 13.0. The Bertz CT molecular complexity index is 579. The average Bonchev–Trinajstić information content (AvgIpc) is 2.53. The van der Waals surface area contributed by atoms with Crippen LogP contribution in [-0.4, -0.2) is 20.3 Å². The van der Waals surface area contributed by atoms with Crippen LogP contribution in [0.5, 0.6) is 5.75 Å². The van der Waals surface area contributed by atoms with Gasteiger partial charge in [0.25, 0.3) is 0 Å². The van der Waals surface area contributed by atoms with Crippen LogP contribution in [0.15, 0.2) is 24.3 Å². The van der Waals surface area contributed by atoms with E-state index in [0.29, 0.717) is 11.3 Å². The molecule has 1 aromatic carbocycles. The summed E-state index contributed by atoms with van der Waals surface area (Å²) >= 11 is 0. The van der Waals surface area contributed by atoms with Crippen molar-refractivity contribution in [1.29, 1.82) is 10.5 Å². The monoisotopic (exact) mass is 322 g/mol. The van der Waals surface area contributed by atoms with Gasteiger partial charge >= 0.3 is 7.60 Å². The molecular weight excluding hydrogens is 303 g/mol. The van der Waals surface area contributed by atoms with Crippen molar-refractivity contribution in [3.8, 4) is 17.9 Å². The highest BCUT2D eigenvalue weighted by Gasteiger charge is 2.43. The Morgan fingerprint density at radius 1 is 1.09 bits per heavy atom. The lowest BCUT2D eigenvalue weighted by Gasteiger charge is -2.27. The van der Waals surface area contributed by atoms with Crippen molar-refractivity contribution in [1.82, 2.24) is 0 Å². The third-order valence-electron chi connectivity index (χ3n) is 3.01. The maximum Gasteiger partial charge on any atom is 0.340 e. The Balaban J connectivity index is 3.36. The van der Waals surface area contributed by atoms with Gasteiger partial charge < -0.3 is 13.8 Å². The largest absolute Gasteiger partial charge is 0.497 e. The minimum atomic E-state index is -3.65. The topological polar surface area (TPSA) is 92.3 Å². The van der Waals surface area contributed by atoms with Crippen LogP contribution >= 0.6 is 7.60 Å². The van der Waals surface area contributed by atoms with E-state index in [1.54, 1.807) is 38.1 Å². The van der Waals surface area contributed by atoms with E-state index in [2.05, 4.69) is 0 Å². The van der Waals surface area contributed by atoms with Gasteiger partial charge in [0.1, 0.15) is 11.4 Å². The van der Waals surface area contributed by atoms with E-state index in [0.717, 1.165) is 0 Å². The minimum absolute atomic E-state index is 0.160. The molecule has 1 aromatic rings. The standard InChI is InChI=1S/C15H19N2O4P/c1-4-20-22(18,21-5-2)15(13(10-16)11-17)12-6-8-14(19-3)9-7-12/h6-9,13,15H,4-5H2,1-3H3. The van der Waals surface area contributed by atoms with Crippen LogP contribution in [-0.2, 0) is 13.6 Å². The van der Waals surface area contributed by atoms with Crippen LogP contribution in [0.4, 0.5) is 0 Å².